The van der Waals surface area contributed by atoms with E-state index in [1.54, 1.807) is 0 Å². The third-order valence-corrected chi connectivity index (χ3v) is 3.51. The van der Waals surface area contributed by atoms with E-state index in [0.717, 1.165) is 37.0 Å². The SMILES string of the molecule is CN(Cc1ccc2ncoc2c1)CC1(C#N)CC1. The fraction of sp³-hybridized carbons (Fsp3) is 0.429. The first kappa shape index (κ1) is 11.2. The van der Waals surface area contributed by atoms with E-state index in [1.165, 1.54) is 12.0 Å². The number of hydrogen-bond acceptors (Lipinski definition) is 4. The summed E-state index contributed by atoms with van der Waals surface area (Å²) in [5.41, 5.74) is 2.82. The molecule has 1 saturated carbocycles. The van der Waals surface area contributed by atoms with Crippen LogP contribution in [0.2, 0.25) is 0 Å². The summed E-state index contributed by atoms with van der Waals surface area (Å²) in [6, 6.07) is 8.48. The number of aromatic nitrogens is 1. The van der Waals surface area contributed by atoms with Crippen molar-refractivity contribution in [1.29, 1.82) is 5.26 Å². The first-order valence-corrected chi connectivity index (χ1v) is 6.13. The smallest absolute Gasteiger partial charge is 0.181 e. The van der Waals surface area contributed by atoms with Gasteiger partial charge in [-0.2, -0.15) is 5.26 Å². The van der Waals surface area contributed by atoms with Gasteiger partial charge in [-0.15, -0.1) is 0 Å². The number of hydrogen-bond donors (Lipinski definition) is 0. The number of rotatable bonds is 4. The summed E-state index contributed by atoms with van der Waals surface area (Å²) in [4.78, 5) is 6.30. The first-order valence-electron chi connectivity index (χ1n) is 6.13. The standard InChI is InChI=1S/C14H15N3O/c1-17(9-14(8-15)4-5-14)7-11-2-3-12-13(6-11)18-10-16-12/h2-3,6,10H,4-5,7,9H2,1H3. The molecular formula is C14H15N3O. The minimum Gasteiger partial charge on any atom is -0.443 e. The molecule has 92 valence electrons. The maximum atomic E-state index is 9.09. The molecule has 0 atom stereocenters. The zero-order valence-electron chi connectivity index (χ0n) is 10.4. The molecule has 0 spiro atoms. The monoisotopic (exact) mass is 241 g/mol. The number of fused-ring (bicyclic) bond motifs is 1. The lowest BCUT2D eigenvalue weighted by molar-refractivity contribution is 0.286. The topological polar surface area (TPSA) is 53.1 Å². The van der Waals surface area contributed by atoms with Crippen molar-refractivity contribution in [2.75, 3.05) is 13.6 Å². The summed E-state index contributed by atoms with van der Waals surface area (Å²) < 4.78 is 5.29. The summed E-state index contributed by atoms with van der Waals surface area (Å²) in [6.45, 7) is 1.68. The average Bonchev–Trinajstić information content (AvgIpc) is 2.97. The van der Waals surface area contributed by atoms with Gasteiger partial charge in [0, 0.05) is 13.1 Å². The average molecular weight is 241 g/mol. The van der Waals surface area contributed by atoms with Crippen LogP contribution in [-0.2, 0) is 6.54 Å². The summed E-state index contributed by atoms with van der Waals surface area (Å²) in [5.74, 6) is 0. The molecule has 0 unspecified atom stereocenters. The van der Waals surface area contributed by atoms with Gasteiger partial charge in [0.2, 0.25) is 0 Å². The van der Waals surface area contributed by atoms with E-state index in [1.807, 2.05) is 12.1 Å². The van der Waals surface area contributed by atoms with Crippen LogP contribution in [-0.4, -0.2) is 23.5 Å². The van der Waals surface area contributed by atoms with Gasteiger partial charge >= 0.3 is 0 Å². The van der Waals surface area contributed by atoms with Crippen molar-refractivity contribution >= 4 is 11.1 Å². The molecular weight excluding hydrogens is 226 g/mol. The zero-order valence-corrected chi connectivity index (χ0v) is 10.4. The van der Waals surface area contributed by atoms with E-state index in [2.05, 4.69) is 29.1 Å². The van der Waals surface area contributed by atoms with Gasteiger partial charge in [0.1, 0.15) is 5.52 Å². The molecule has 1 heterocycles. The Kier molecular flexibility index (Phi) is 2.57. The van der Waals surface area contributed by atoms with E-state index in [9.17, 15) is 0 Å². The number of oxazole rings is 1. The van der Waals surface area contributed by atoms with Crippen molar-refractivity contribution in [3.8, 4) is 6.07 Å². The fourth-order valence-corrected chi connectivity index (χ4v) is 2.34. The van der Waals surface area contributed by atoms with Crippen molar-refractivity contribution in [3.05, 3.63) is 30.2 Å². The number of nitriles is 1. The van der Waals surface area contributed by atoms with Crippen LogP contribution in [0.25, 0.3) is 11.1 Å². The Balaban J connectivity index is 1.70. The molecule has 3 rings (SSSR count). The Morgan fingerprint density at radius 2 is 2.33 bits per heavy atom. The Bertz CT molecular complexity index is 607. The summed E-state index contributed by atoms with van der Waals surface area (Å²) in [7, 11) is 2.06. The minimum absolute atomic E-state index is 0.0783. The summed E-state index contributed by atoms with van der Waals surface area (Å²) in [6.07, 6.45) is 3.54. The molecule has 1 aromatic heterocycles. The van der Waals surface area contributed by atoms with Crippen LogP contribution in [0, 0.1) is 16.7 Å². The van der Waals surface area contributed by atoms with E-state index in [-0.39, 0.29) is 5.41 Å². The molecule has 0 amide bonds. The molecule has 1 fully saturated rings. The van der Waals surface area contributed by atoms with Gasteiger partial charge in [0.15, 0.2) is 12.0 Å². The maximum Gasteiger partial charge on any atom is 0.181 e. The van der Waals surface area contributed by atoms with Crippen molar-refractivity contribution in [3.63, 3.8) is 0 Å². The van der Waals surface area contributed by atoms with Crippen molar-refractivity contribution in [2.45, 2.75) is 19.4 Å². The third-order valence-electron chi connectivity index (χ3n) is 3.51. The largest absolute Gasteiger partial charge is 0.443 e. The molecule has 18 heavy (non-hydrogen) atoms. The first-order chi connectivity index (χ1) is 8.71. The second-order valence-electron chi connectivity index (χ2n) is 5.22. The van der Waals surface area contributed by atoms with E-state index >= 15 is 0 Å². The van der Waals surface area contributed by atoms with E-state index in [0.29, 0.717) is 0 Å². The Morgan fingerprint density at radius 3 is 3.06 bits per heavy atom. The van der Waals surface area contributed by atoms with Crippen LogP contribution in [0.15, 0.2) is 29.0 Å². The molecule has 0 radical (unpaired) electrons. The maximum absolute atomic E-state index is 9.09. The van der Waals surface area contributed by atoms with Gasteiger partial charge in [0.25, 0.3) is 0 Å². The molecule has 1 aliphatic rings. The highest BCUT2D eigenvalue weighted by Crippen LogP contribution is 2.45. The molecule has 1 aromatic carbocycles. The predicted molar refractivity (Wildman–Crippen MR) is 67.6 cm³/mol. The van der Waals surface area contributed by atoms with Crippen molar-refractivity contribution in [2.24, 2.45) is 5.41 Å². The van der Waals surface area contributed by atoms with Gasteiger partial charge in [0.05, 0.1) is 11.5 Å². The Hall–Kier alpha value is -1.86. The Morgan fingerprint density at radius 1 is 1.50 bits per heavy atom. The number of nitrogens with zero attached hydrogens (tertiary/aromatic N) is 3. The van der Waals surface area contributed by atoms with Crippen LogP contribution in [0.5, 0.6) is 0 Å². The quantitative estimate of drug-likeness (QED) is 0.825. The highest BCUT2D eigenvalue weighted by molar-refractivity contribution is 5.72. The van der Waals surface area contributed by atoms with E-state index in [4.69, 9.17) is 9.68 Å². The minimum atomic E-state index is -0.0783. The summed E-state index contributed by atoms with van der Waals surface area (Å²) in [5, 5.41) is 9.09. The lowest BCUT2D eigenvalue weighted by Gasteiger charge is -2.19. The molecule has 4 nitrogen and oxygen atoms in total. The van der Waals surface area contributed by atoms with Gasteiger partial charge < -0.3 is 9.32 Å². The highest BCUT2D eigenvalue weighted by atomic mass is 16.3. The van der Waals surface area contributed by atoms with Gasteiger partial charge in [-0.25, -0.2) is 4.98 Å². The van der Waals surface area contributed by atoms with Crippen LogP contribution >= 0.6 is 0 Å². The molecule has 1 aliphatic carbocycles. The predicted octanol–water partition coefficient (Wildman–Crippen LogP) is 2.56. The molecule has 2 aromatic rings. The lowest BCUT2D eigenvalue weighted by Crippen LogP contribution is -2.25. The van der Waals surface area contributed by atoms with Crippen molar-refractivity contribution < 1.29 is 4.42 Å². The van der Waals surface area contributed by atoms with Crippen LogP contribution < -0.4 is 0 Å². The highest BCUT2D eigenvalue weighted by Gasteiger charge is 2.43. The van der Waals surface area contributed by atoms with E-state index < -0.39 is 0 Å². The number of benzene rings is 1. The molecule has 0 N–H and O–H groups in total. The van der Waals surface area contributed by atoms with Crippen molar-refractivity contribution in [1.82, 2.24) is 9.88 Å². The van der Waals surface area contributed by atoms with Crippen LogP contribution in [0.3, 0.4) is 0 Å². The van der Waals surface area contributed by atoms with Crippen LogP contribution in [0.4, 0.5) is 0 Å². The van der Waals surface area contributed by atoms with Gasteiger partial charge in [-0.05, 0) is 37.6 Å². The summed E-state index contributed by atoms with van der Waals surface area (Å²) >= 11 is 0. The lowest BCUT2D eigenvalue weighted by atomic mass is 10.1. The Labute approximate surface area is 106 Å². The molecule has 4 heteroatoms. The van der Waals surface area contributed by atoms with Gasteiger partial charge in [-0.3, -0.25) is 0 Å². The second kappa shape index (κ2) is 4.11. The third kappa shape index (κ3) is 2.09. The second-order valence-corrected chi connectivity index (χ2v) is 5.22. The normalized spacial score (nSPS) is 16.9. The molecule has 0 aliphatic heterocycles. The van der Waals surface area contributed by atoms with Crippen LogP contribution in [0.1, 0.15) is 18.4 Å². The molecule has 0 saturated heterocycles. The zero-order chi connectivity index (χ0) is 12.6. The molecule has 0 bridgehead atoms. The fourth-order valence-electron chi connectivity index (χ4n) is 2.34. The van der Waals surface area contributed by atoms with Gasteiger partial charge in [-0.1, -0.05) is 6.07 Å².